The van der Waals surface area contributed by atoms with E-state index in [-0.39, 0.29) is 0 Å². The lowest BCUT2D eigenvalue weighted by Crippen LogP contribution is -2.52. The molecule has 0 unspecified atom stereocenters. The summed E-state index contributed by atoms with van der Waals surface area (Å²) in [6.45, 7) is 9.09. The second-order valence-corrected chi connectivity index (χ2v) is 7.40. The molecule has 3 heteroatoms. The molecule has 1 aromatic carbocycles. The van der Waals surface area contributed by atoms with Crippen LogP contribution in [0.1, 0.15) is 39.2 Å². The van der Waals surface area contributed by atoms with Crippen LogP contribution in [0.15, 0.2) is 24.3 Å². The summed E-state index contributed by atoms with van der Waals surface area (Å²) in [5.74, 6) is 0.0676. The lowest BCUT2D eigenvalue weighted by atomic mass is 9.76. The van der Waals surface area contributed by atoms with Gasteiger partial charge in [0.1, 0.15) is 0 Å². The number of carbonyl (C=O) groups is 1. The average Bonchev–Trinajstić information content (AvgIpc) is 3.07. The maximum atomic E-state index is 11.3. The summed E-state index contributed by atoms with van der Waals surface area (Å²) in [5, 5.41) is 9.31. The average molecular weight is 273 g/mol. The van der Waals surface area contributed by atoms with E-state index >= 15 is 0 Å². The summed E-state index contributed by atoms with van der Waals surface area (Å²) in [5.41, 5.74) is 1.97. The molecule has 1 N–H and O–H groups in total. The van der Waals surface area contributed by atoms with E-state index in [4.69, 9.17) is 0 Å². The minimum atomic E-state index is -0.679. The third kappa shape index (κ3) is 2.09. The monoisotopic (exact) mass is 273 g/mol. The number of aliphatic carboxylic acids is 1. The highest BCUT2D eigenvalue weighted by atomic mass is 16.4. The predicted octanol–water partition coefficient (Wildman–Crippen LogP) is 3.29. The number of rotatable bonds is 3. The van der Waals surface area contributed by atoms with Crippen molar-refractivity contribution in [3.63, 3.8) is 0 Å². The molecule has 1 aliphatic heterocycles. The van der Waals surface area contributed by atoms with Crippen LogP contribution in [0.5, 0.6) is 0 Å². The van der Waals surface area contributed by atoms with Crippen molar-refractivity contribution >= 4 is 11.7 Å². The summed E-state index contributed by atoms with van der Waals surface area (Å²) >= 11 is 0. The molecule has 1 saturated heterocycles. The second-order valence-electron chi connectivity index (χ2n) is 7.40. The van der Waals surface area contributed by atoms with Crippen molar-refractivity contribution in [1.82, 2.24) is 0 Å². The molecule has 3 nitrogen and oxygen atoms in total. The normalized spacial score (nSPS) is 21.4. The highest BCUT2D eigenvalue weighted by molar-refractivity contribution is 5.85. The lowest BCUT2D eigenvalue weighted by molar-refractivity contribution is -0.140. The van der Waals surface area contributed by atoms with Gasteiger partial charge in [0.25, 0.3) is 0 Å². The molecule has 1 aromatic rings. The standard InChI is InChI=1S/C17H23NO2/c1-16(2,3)13-10-18(11-13)14-6-4-12(5-7-14)17(8-9-17)15(19)20/h4-7,13H,8-11H2,1-3H3,(H,19,20). The molecular weight excluding hydrogens is 250 g/mol. The SMILES string of the molecule is CC(C)(C)C1CN(c2ccc(C3(C(=O)O)CC3)cc2)C1. The Morgan fingerprint density at radius 1 is 1.20 bits per heavy atom. The molecule has 3 rings (SSSR count). The van der Waals surface area contributed by atoms with Crippen LogP contribution in [-0.4, -0.2) is 24.2 Å². The Balaban J connectivity index is 1.68. The van der Waals surface area contributed by atoms with Crippen LogP contribution in [-0.2, 0) is 10.2 Å². The zero-order chi connectivity index (χ0) is 14.5. The van der Waals surface area contributed by atoms with Gasteiger partial charge in [-0.25, -0.2) is 0 Å². The van der Waals surface area contributed by atoms with Gasteiger partial charge in [-0.3, -0.25) is 4.79 Å². The Morgan fingerprint density at radius 2 is 1.75 bits per heavy atom. The van der Waals surface area contributed by atoms with Crippen molar-refractivity contribution in [3.05, 3.63) is 29.8 Å². The molecule has 0 radical (unpaired) electrons. The first-order valence-corrected chi connectivity index (χ1v) is 7.42. The lowest BCUT2D eigenvalue weighted by Gasteiger charge is -2.47. The summed E-state index contributed by atoms with van der Waals surface area (Å²) in [4.78, 5) is 13.7. The molecular formula is C17H23NO2. The van der Waals surface area contributed by atoms with Crippen LogP contribution in [0.4, 0.5) is 5.69 Å². The quantitative estimate of drug-likeness (QED) is 0.918. The fourth-order valence-corrected chi connectivity index (χ4v) is 2.98. The molecule has 2 aliphatic rings. The maximum absolute atomic E-state index is 11.3. The van der Waals surface area contributed by atoms with E-state index in [2.05, 4.69) is 37.8 Å². The molecule has 1 aliphatic carbocycles. The van der Waals surface area contributed by atoms with Gasteiger partial charge in [0.05, 0.1) is 5.41 Å². The highest BCUT2D eigenvalue weighted by Gasteiger charge is 2.51. The Hall–Kier alpha value is -1.51. The Labute approximate surface area is 120 Å². The van der Waals surface area contributed by atoms with Crippen molar-refractivity contribution < 1.29 is 9.90 Å². The minimum absolute atomic E-state index is 0.373. The molecule has 0 amide bonds. The van der Waals surface area contributed by atoms with E-state index in [0.717, 1.165) is 37.4 Å². The van der Waals surface area contributed by atoms with E-state index in [1.54, 1.807) is 0 Å². The van der Waals surface area contributed by atoms with Gasteiger partial charge in [-0.15, -0.1) is 0 Å². The van der Waals surface area contributed by atoms with Crippen molar-refractivity contribution in [2.45, 2.75) is 39.0 Å². The van der Waals surface area contributed by atoms with E-state index < -0.39 is 11.4 Å². The van der Waals surface area contributed by atoms with E-state index in [1.807, 2.05) is 12.1 Å². The zero-order valence-electron chi connectivity index (χ0n) is 12.5. The van der Waals surface area contributed by atoms with Gasteiger partial charge in [0, 0.05) is 18.8 Å². The van der Waals surface area contributed by atoms with Crippen molar-refractivity contribution in [3.8, 4) is 0 Å². The third-order valence-corrected chi connectivity index (χ3v) is 5.05. The molecule has 0 atom stereocenters. The van der Waals surface area contributed by atoms with Crippen LogP contribution in [0.3, 0.4) is 0 Å². The Bertz CT molecular complexity index is 517. The predicted molar refractivity (Wildman–Crippen MR) is 80.1 cm³/mol. The Morgan fingerprint density at radius 3 is 2.15 bits per heavy atom. The van der Waals surface area contributed by atoms with Crippen LogP contribution in [0.2, 0.25) is 0 Å². The highest BCUT2D eigenvalue weighted by Crippen LogP contribution is 2.48. The van der Waals surface area contributed by atoms with Gasteiger partial charge in [-0.05, 0) is 41.9 Å². The van der Waals surface area contributed by atoms with E-state index in [1.165, 1.54) is 5.69 Å². The molecule has 20 heavy (non-hydrogen) atoms. The fourth-order valence-electron chi connectivity index (χ4n) is 2.98. The number of nitrogens with zero attached hydrogens (tertiary/aromatic N) is 1. The number of anilines is 1. The fraction of sp³-hybridized carbons (Fsp3) is 0.588. The maximum Gasteiger partial charge on any atom is 0.314 e. The van der Waals surface area contributed by atoms with Crippen molar-refractivity contribution in [2.24, 2.45) is 11.3 Å². The Kier molecular flexibility index (Phi) is 2.86. The van der Waals surface area contributed by atoms with Crippen LogP contribution in [0.25, 0.3) is 0 Å². The molecule has 0 bridgehead atoms. The van der Waals surface area contributed by atoms with Gasteiger partial charge >= 0.3 is 5.97 Å². The summed E-state index contributed by atoms with van der Waals surface area (Å²) < 4.78 is 0. The summed E-state index contributed by atoms with van der Waals surface area (Å²) in [6.07, 6.45) is 1.55. The first kappa shape index (κ1) is 13.5. The largest absolute Gasteiger partial charge is 0.481 e. The van der Waals surface area contributed by atoms with Gasteiger partial charge < -0.3 is 10.0 Å². The summed E-state index contributed by atoms with van der Waals surface area (Å²) in [6, 6.07) is 8.16. The molecule has 1 heterocycles. The molecule has 108 valence electrons. The van der Waals surface area contributed by atoms with Crippen LogP contribution in [0, 0.1) is 11.3 Å². The van der Waals surface area contributed by atoms with E-state index in [0.29, 0.717) is 5.41 Å². The molecule has 0 aromatic heterocycles. The minimum Gasteiger partial charge on any atom is -0.481 e. The number of hydrogen-bond donors (Lipinski definition) is 1. The summed E-state index contributed by atoms with van der Waals surface area (Å²) in [7, 11) is 0. The van der Waals surface area contributed by atoms with Crippen molar-refractivity contribution in [1.29, 1.82) is 0 Å². The number of carboxylic acid groups (broad SMARTS) is 1. The topological polar surface area (TPSA) is 40.5 Å². The zero-order valence-corrected chi connectivity index (χ0v) is 12.5. The molecule has 1 saturated carbocycles. The molecule has 2 fully saturated rings. The van der Waals surface area contributed by atoms with Gasteiger partial charge in [0.2, 0.25) is 0 Å². The van der Waals surface area contributed by atoms with Crippen LogP contribution >= 0.6 is 0 Å². The smallest absolute Gasteiger partial charge is 0.314 e. The first-order chi connectivity index (χ1) is 9.33. The number of carboxylic acids is 1. The number of hydrogen-bond acceptors (Lipinski definition) is 2. The van der Waals surface area contributed by atoms with Gasteiger partial charge in [-0.1, -0.05) is 32.9 Å². The van der Waals surface area contributed by atoms with Gasteiger partial charge in [0.15, 0.2) is 0 Å². The third-order valence-electron chi connectivity index (χ3n) is 5.05. The molecule has 0 spiro atoms. The van der Waals surface area contributed by atoms with E-state index in [9.17, 15) is 9.90 Å². The van der Waals surface area contributed by atoms with Crippen LogP contribution < -0.4 is 4.90 Å². The second kappa shape index (κ2) is 4.24. The van der Waals surface area contributed by atoms with Gasteiger partial charge in [-0.2, -0.15) is 0 Å². The van der Waals surface area contributed by atoms with Crippen molar-refractivity contribution in [2.75, 3.05) is 18.0 Å². The number of benzene rings is 1. The first-order valence-electron chi connectivity index (χ1n) is 7.42.